The van der Waals surface area contributed by atoms with Crippen LogP contribution in [0.25, 0.3) is 11.5 Å². The van der Waals surface area contributed by atoms with Crippen LogP contribution in [-0.4, -0.2) is 45.8 Å². The third kappa shape index (κ3) is 6.05. The Morgan fingerprint density at radius 3 is 2.35 bits per heavy atom. The van der Waals surface area contributed by atoms with E-state index in [1.165, 1.54) is 17.3 Å². The maximum atomic E-state index is 12.7. The monoisotopic (exact) mass is 478 g/mol. The van der Waals surface area contributed by atoms with E-state index in [0.29, 0.717) is 37.0 Å². The average Bonchev–Trinajstić information content (AvgIpc) is 3.32. The largest absolute Gasteiger partial charge is 0.411 e. The van der Waals surface area contributed by atoms with Crippen molar-refractivity contribution in [1.82, 2.24) is 15.1 Å². The Bertz CT molecular complexity index is 1110. The number of para-hydroxylation sites is 1. The van der Waals surface area contributed by atoms with Crippen molar-refractivity contribution >= 4 is 29.3 Å². The van der Waals surface area contributed by atoms with Gasteiger partial charge >= 0.3 is 0 Å². The number of piperidine rings is 1. The van der Waals surface area contributed by atoms with E-state index in [1.54, 1.807) is 0 Å². The molecule has 1 fully saturated rings. The molecule has 0 radical (unpaired) electrons. The van der Waals surface area contributed by atoms with Gasteiger partial charge in [0, 0.05) is 30.3 Å². The fourth-order valence-electron chi connectivity index (χ4n) is 3.87. The number of hydrogen-bond donors (Lipinski definition) is 1. The lowest BCUT2D eigenvalue weighted by Gasteiger charge is -2.31. The first-order valence-corrected chi connectivity index (χ1v) is 12.5. The van der Waals surface area contributed by atoms with Gasteiger partial charge in [-0.05, 0) is 48.1 Å². The fourth-order valence-corrected chi connectivity index (χ4v) is 4.54. The third-order valence-corrected chi connectivity index (χ3v) is 6.79. The van der Waals surface area contributed by atoms with Crippen molar-refractivity contribution in [1.29, 1.82) is 0 Å². The number of aromatic nitrogens is 2. The van der Waals surface area contributed by atoms with Crippen LogP contribution in [0.5, 0.6) is 0 Å². The van der Waals surface area contributed by atoms with E-state index < -0.39 is 0 Å². The molecule has 34 heavy (non-hydrogen) atoms. The van der Waals surface area contributed by atoms with Crippen LogP contribution in [0.2, 0.25) is 0 Å². The molecule has 0 atom stereocenters. The highest BCUT2D eigenvalue weighted by Crippen LogP contribution is 2.28. The minimum absolute atomic E-state index is 0.0150. The van der Waals surface area contributed by atoms with Crippen LogP contribution >= 0.6 is 11.8 Å². The number of likely N-dealkylation sites (tertiary alicyclic amines) is 1. The summed E-state index contributed by atoms with van der Waals surface area (Å²) >= 11 is 1.24. The lowest BCUT2D eigenvalue weighted by atomic mass is 9.87. The first-order valence-electron chi connectivity index (χ1n) is 11.5. The summed E-state index contributed by atoms with van der Waals surface area (Å²) in [6, 6.07) is 17.5. The maximum Gasteiger partial charge on any atom is 0.277 e. The number of carbonyl (C=O) groups is 2. The fraction of sp³-hybridized carbons (Fsp3) is 0.385. The maximum absolute atomic E-state index is 12.7. The Labute approximate surface area is 204 Å². The highest BCUT2D eigenvalue weighted by molar-refractivity contribution is 7.99. The summed E-state index contributed by atoms with van der Waals surface area (Å²) in [6.45, 7) is 7.65. The quantitative estimate of drug-likeness (QED) is 0.502. The first kappa shape index (κ1) is 24.0. The summed E-state index contributed by atoms with van der Waals surface area (Å²) in [7, 11) is 0. The van der Waals surface area contributed by atoms with Gasteiger partial charge in [0.1, 0.15) is 0 Å². The number of rotatable bonds is 6. The molecule has 0 spiro atoms. The molecule has 0 bridgehead atoms. The second-order valence-electron chi connectivity index (χ2n) is 9.50. The van der Waals surface area contributed by atoms with E-state index in [1.807, 2.05) is 47.4 Å². The first-order chi connectivity index (χ1) is 16.3. The van der Waals surface area contributed by atoms with E-state index in [9.17, 15) is 9.59 Å². The molecule has 1 aliphatic heterocycles. The van der Waals surface area contributed by atoms with E-state index in [0.717, 1.165) is 11.3 Å². The lowest BCUT2D eigenvalue weighted by Crippen LogP contribution is -2.42. The van der Waals surface area contributed by atoms with Gasteiger partial charge in [-0.15, -0.1) is 10.2 Å². The standard InChI is InChI=1S/C26H30N4O3S/c1-26(2,3)20-11-9-19(10-12-20)24-28-29-25(33-24)34-17-22(31)30-15-13-18(14-16-30)23(32)27-21-7-5-4-6-8-21/h4-12,18H,13-17H2,1-3H3,(H,27,32). The number of benzene rings is 2. The smallest absolute Gasteiger partial charge is 0.277 e. The molecule has 1 aromatic heterocycles. The Hall–Kier alpha value is -3.13. The number of hydrogen-bond acceptors (Lipinski definition) is 6. The molecule has 0 unspecified atom stereocenters. The second-order valence-corrected chi connectivity index (χ2v) is 10.4. The van der Waals surface area contributed by atoms with Crippen LogP contribution in [0.3, 0.4) is 0 Å². The summed E-state index contributed by atoms with van der Waals surface area (Å²) < 4.78 is 5.76. The molecule has 1 aliphatic rings. The van der Waals surface area contributed by atoms with Crippen molar-refractivity contribution in [3.05, 3.63) is 60.2 Å². The summed E-state index contributed by atoms with van der Waals surface area (Å²) in [4.78, 5) is 27.0. The van der Waals surface area contributed by atoms with Crippen LogP contribution in [0.1, 0.15) is 39.2 Å². The molecule has 2 heterocycles. The van der Waals surface area contributed by atoms with E-state index in [4.69, 9.17) is 4.42 Å². The van der Waals surface area contributed by atoms with Crippen LogP contribution in [0, 0.1) is 5.92 Å². The number of carbonyl (C=O) groups excluding carboxylic acids is 2. The Morgan fingerprint density at radius 1 is 1.03 bits per heavy atom. The molecule has 7 nitrogen and oxygen atoms in total. The number of anilines is 1. The molecule has 0 aliphatic carbocycles. The Balaban J connectivity index is 1.24. The van der Waals surface area contributed by atoms with Gasteiger partial charge in [-0.2, -0.15) is 0 Å². The molecular formula is C26H30N4O3S. The van der Waals surface area contributed by atoms with Crippen LogP contribution in [-0.2, 0) is 15.0 Å². The van der Waals surface area contributed by atoms with Crippen LogP contribution in [0.15, 0.2) is 64.2 Å². The van der Waals surface area contributed by atoms with Gasteiger partial charge in [0.25, 0.3) is 5.22 Å². The summed E-state index contributed by atoms with van der Waals surface area (Å²) in [5, 5.41) is 11.5. The minimum Gasteiger partial charge on any atom is -0.411 e. The highest BCUT2D eigenvalue weighted by Gasteiger charge is 2.27. The zero-order valence-corrected chi connectivity index (χ0v) is 20.6. The van der Waals surface area contributed by atoms with Gasteiger partial charge < -0.3 is 14.6 Å². The van der Waals surface area contributed by atoms with Crippen LogP contribution in [0.4, 0.5) is 5.69 Å². The molecule has 0 saturated carbocycles. The predicted octanol–water partition coefficient (Wildman–Crippen LogP) is 5.00. The number of thioether (sulfide) groups is 1. The molecule has 2 amide bonds. The molecule has 4 rings (SSSR count). The minimum atomic E-state index is -0.0833. The van der Waals surface area contributed by atoms with Crippen molar-refractivity contribution < 1.29 is 14.0 Å². The van der Waals surface area contributed by atoms with Crippen molar-refractivity contribution in [2.45, 2.75) is 44.3 Å². The SMILES string of the molecule is CC(C)(C)c1ccc(-c2nnc(SCC(=O)N3CCC(C(=O)Nc4ccccc4)CC3)o2)cc1. The van der Waals surface area contributed by atoms with Gasteiger partial charge in [-0.1, -0.05) is 62.9 Å². The summed E-state index contributed by atoms with van der Waals surface area (Å²) in [5.74, 6) is 0.620. The zero-order chi connectivity index (χ0) is 24.1. The van der Waals surface area contributed by atoms with Crippen LogP contribution < -0.4 is 5.32 Å². The zero-order valence-electron chi connectivity index (χ0n) is 19.8. The van der Waals surface area contributed by atoms with Gasteiger partial charge in [0.05, 0.1) is 5.75 Å². The molecule has 1 N–H and O–H groups in total. The van der Waals surface area contributed by atoms with Crippen molar-refractivity contribution in [3.63, 3.8) is 0 Å². The summed E-state index contributed by atoms with van der Waals surface area (Å²) in [6.07, 6.45) is 1.31. The number of nitrogens with zero attached hydrogens (tertiary/aromatic N) is 3. The lowest BCUT2D eigenvalue weighted by molar-refractivity contribution is -0.132. The van der Waals surface area contributed by atoms with Gasteiger partial charge in [-0.25, -0.2) is 0 Å². The predicted molar refractivity (Wildman–Crippen MR) is 134 cm³/mol. The molecule has 2 aromatic carbocycles. The third-order valence-electron chi connectivity index (χ3n) is 5.98. The second kappa shape index (κ2) is 10.4. The van der Waals surface area contributed by atoms with Gasteiger partial charge in [0.15, 0.2) is 0 Å². The van der Waals surface area contributed by atoms with Crippen molar-refractivity contribution in [3.8, 4) is 11.5 Å². The molecule has 1 saturated heterocycles. The van der Waals surface area contributed by atoms with Crippen molar-refractivity contribution in [2.75, 3.05) is 24.2 Å². The van der Waals surface area contributed by atoms with Gasteiger partial charge in [0.2, 0.25) is 17.7 Å². The van der Waals surface area contributed by atoms with Crippen molar-refractivity contribution in [2.24, 2.45) is 5.92 Å². The topological polar surface area (TPSA) is 88.3 Å². The average molecular weight is 479 g/mol. The number of amides is 2. The summed E-state index contributed by atoms with van der Waals surface area (Å²) in [5.41, 5.74) is 2.97. The van der Waals surface area contributed by atoms with E-state index in [-0.39, 0.29) is 28.9 Å². The molecule has 3 aromatic rings. The van der Waals surface area contributed by atoms with Gasteiger partial charge in [-0.3, -0.25) is 9.59 Å². The molecular weight excluding hydrogens is 448 g/mol. The van der Waals surface area contributed by atoms with E-state index >= 15 is 0 Å². The normalized spacial score (nSPS) is 14.7. The highest BCUT2D eigenvalue weighted by atomic mass is 32.2. The Kier molecular flexibility index (Phi) is 7.36. The Morgan fingerprint density at radius 2 is 1.71 bits per heavy atom. The number of nitrogens with one attached hydrogen (secondary N) is 1. The molecule has 178 valence electrons. The molecule has 8 heteroatoms. The van der Waals surface area contributed by atoms with E-state index in [2.05, 4.69) is 48.4 Å².